The molecule has 0 aliphatic rings. The molecule has 5 nitrogen and oxygen atoms in total. The molecule has 0 bridgehead atoms. The van der Waals surface area contributed by atoms with Gasteiger partial charge in [-0.3, -0.25) is 9.10 Å². The third-order valence-corrected chi connectivity index (χ3v) is 7.92. The molecule has 1 amide bonds. The van der Waals surface area contributed by atoms with Gasteiger partial charge in [-0.25, -0.2) is 8.42 Å². The molecular formula is C23H22BrClN2O3S. The molecule has 0 atom stereocenters. The molecule has 8 heteroatoms. The highest BCUT2D eigenvalue weighted by Gasteiger charge is 2.28. The van der Waals surface area contributed by atoms with Crippen LogP contribution in [-0.2, 0) is 14.8 Å². The van der Waals surface area contributed by atoms with Gasteiger partial charge in [0, 0.05) is 15.2 Å². The van der Waals surface area contributed by atoms with Gasteiger partial charge in [-0.1, -0.05) is 51.3 Å². The van der Waals surface area contributed by atoms with E-state index in [1.807, 2.05) is 26.0 Å². The lowest BCUT2D eigenvalue weighted by atomic mass is 10.2. The van der Waals surface area contributed by atoms with E-state index in [0.717, 1.165) is 19.9 Å². The van der Waals surface area contributed by atoms with Crippen LogP contribution < -0.4 is 9.62 Å². The monoisotopic (exact) mass is 520 g/mol. The van der Waals surface area contributed by atoms with E-state index in [2.05, 4.69) is 21.2 Å². The van der Waals surface area contributed by atoms with Crippen molar-refractivity contribution in [3.05, 3.63) is 86.8 Å². The number of benzene rings is 3. The van der Waals surface area contributed by atoms with Gasteiger partial charge in [0.1, 0.15) is 6.54 Å². The highest BCUT2D eigenvalue weighted by molar-refractivity contribution is 9.10. The predicted octanol–water partition coefficient (Wildman–Crippen LogP) is 5.86. The summed E-state index contributed by atoms with van der Waals surface area (Å²) in [5.74, 6) is -0.461. The summed E-state index contributed by atoms with van der Waals surface area (Å²) in [5.41, 5.74) is 3.41. The first kappa shape index (κ1) is 23.3. The first-order valence-electron chi connectivity index (χ1n) is 9.50. The van der Waals surface area contributed by atoms with Gasteiger partial charge in [-0.15, -0.1) is 0 Å². The lowest BCUT2D eigenvalue weighted by Gasteiger charge is -2.26. The van der Waals surface area contributed by atoms with Crippen LogP contribution in [0.5, 0.6) is 0 Å². The minimum Gasteiger partial charge on any atom is -0.325 e. The number of carbonyl (C=O) groups is 1. The maximum atomic E-state index is 13.5. The fourth-order valence-corrected chi connectivity index (χ4v) is 4.95. The van der Waals surface area contributed by atoms with Crippen molar-refractivity contribution in [3.63, 3.8) is 0 Å². The summed E-state index contributed by atoms with van der Waals surface area (Å²) in [6.07, 6.45) is 0. The fraction of sp³-hybridized carbons (Fsp3) is 0.174. The van der Waals surface area contributed by atoms with Crippen molar-refractivity contribution in [2.45, 2.75) is 25.7 Å². The number of aryl methyl sites for hydroxylation is 2. The summed E-state index contributed by atoms with van der Waals surface area (Å²) in [7, 11) is -4.01. The Hall–Kier alpha value is -2.35. The standard InChI is InChI=1S/C23H22BrClN2O3S/c1-15-7-10-19(11-8-15)31(29,30)27(22-6-4-5-21(25)17(22)3)14-23(28)26-18-9-12-20(24)16(2)13-18/h4-13H,14H2,1-3H3,(H,26,28). The zero-order valence-electron chi connectivity index (χ0n) is 17.3. The number of anilines is 2. The van der Waals surface area contributed by atoms with Gasteiger partial charge in [-0.05, 0) is 74.4 Å². The molecule has 0 spiro atoms. The molecule has 0 aromatic heterocycles. The minimum atomic E-state index is -4.01. The van der Waals surface area contributed by atoms with Gasteiger partial charge >= 0.3 is 0 Å². The molecular weight excluding hydrogens is 500 g/mol. The van der Waals surface area contributed by atoms with Crippen LogP contribution in [0.3, 0.4) is 0 Å². The van der Waals surface area contributed by atoms with Crippen LogP contribution in [0.15, 0.2) is 70.0 Å². The van der Waals surface area contributed by atoms with Gasteiger partial charge in [0.25, 0.3) is 10.0 Å². The molecule has 0 saturated carbocycles. The second kappa shape index (κ2) is 9.42. The van der Waals surface area contributed by atoms with Crippen molar-refractivity contribution in [2.75, 3.05) is 16.2 Å². The van der Waals surface area contributed by atoms with Crippen molar-refractivity contribution >= 4 is 54.8 Å². The Morgan fingerprint density at radius 3 is 2.35 bits per heavy atom. The first-order chi connectivity index (χ1) is 14.6. The molecule has 3 rings (SSSR count). The van der Waals surface area contributed by atoms with Crippen molar-refractivity contribution in [2.24, 2.45) is 0 Å². The third kappa shape index (κ3) is 5.29. The summed E-state index contributed by atoms with van der Waals surface area (Å²) in [6, 6.07) is 16.9. The topological polar surface area (TPSA) is 66.5 Å². The second-order valence-electron chi connectivity index (χ2n) is 7.22. The van der Waals surface area contributed by atoms with E-state index in [9.17, 15) is 13.2 Å². The van der Waals surface area contributed by atoms with E-state index < -0.39 is 22.5 Å². The molecule has 0 radical (unpaired) electrons. The largest absolute Gasteiger partial charge is 0.325 e. The molecule has 0 heterocycles. The van der Waals surface area contributed by atoms with E-state index in [-0.39, 0.29) is 4.90 Å². The molecule has 3 aromatic rings. The minimum absolute atomic E-state index is 0.102. The van der Waals surface area contributed by atoms with E-state index >= 15 is 0 Å². The molecule has 3 aromatic carbocycles. The van der Waals surface area contributed by atoms with Crippen molar-refractivity contribution in [3.8, 4) is 0 Å². The smallest absolute Gasteiger partial charge is 0.264 e. The molecule has 0 fully saturated rings. The van der Waals surface area contributed by atoms with Crippen molar-refractivity contribution in [1.29, 1.82) is 0 Å². The molecule has 31 heavy (non-hydrogen) atoms. The predicted molar refractivity (Wildman–Crippen MR) is 129 cm³/mol. The maximum absolute atomic E-state index is 13.5. The van der Waals surface area contributed by atoms with Crippen LogP contribution >= 0.6 is 27.5 Å². The summed E-state index contributed by atoms with van der Waals surface area (Å²) < 4.78 is 29.0. The number of nitrogens with one attached hydrogen (secondary N) is 1. The highest BCUT2D eigenvalue weighted by Crippen LogP contribution is 2.31. The van der Waals surface area contributed by atoms with Crippen LogP contribution in [0.25, 0.3) is 0 Å². The fourth-order valence-electron chi connectivity index (χ4n) is 3.06. The summed E-state index contributed by atoms with van der Waals surface area (Å²) in [5, 5.41) is 3.20. The Morgan fingerprint density at radius 1 is 1.03 bits per heavy atom. The zero-order valence-corrected chi connectivity index (χ0v) is 20.5. The summed E-state index contributed by atoms with van der Waals surface area (Å²) >= 11 is 9.67. The van der Waals surface area contributed by atoms with E-state index in [4.69, 9.17) is 11.6 Å². The number of hydrogen-bond donors (Lipinski definition) is 1. The third-order valence-electron chi connectivity index (χ3n) is 4.85. The molecule has 0 saturated heterocycles. The van der Waals surface area contributed by atoms with Gasteiger partial charge in [0.2, 0.25) is 5.91 Å². The van der Waals surface area contributed by atoms with E-state index in [0.29, 0.717) is 22.0 Å². The zero-order chi connectivity index (χ0) is 22.8. The van der Waals surface area contributed by atoms with Crippen molar-refractivity contribution in [1.82, 2.24) is 0 Å². The van der Waals surface area contributed by atoms with Crippen LogP contribution in [-0.4, -0.2) is 20.9 Å². The van der Waals surface area contributed by atoms with E-state index in [1.165, 1.54) is 12.1 Å². The second-order valence-corrected chi connectivity index (χ2v) is 10.3. The van der Waals surface area contributed by atoms with Gasteiger partial charge in [-0.2, -0.15) is 0 Å². The van der Waals surface area contributed by atoms with Crippen LogP contribution in [0.4, 0.5) is 11.4 Å². The average molecular weight is 522 g/mol. The number of halogens is 2. The Labute approximate surface area is 196 Å². The van der Waals surface area contributed by atoms with Crippen LogP contribution in [0.1, 0.15) is 16.7 Å². The Morgan fingerprint density at radius 2 is 1.71 bits per heavy atom. The lowest BCUT2D eigenvalue weighted by Crippen LogP contribution is -2.38. The Bertz CT molecular complexity index is 1230. The lowest BCUT2D eigenvalue weighted by molar-refractivity contribution is -0.114. The number of amides is 1. The first-order valence-corrected chi connectivity index (χ1v) is 12.1. The summed E-state index contributed by atoms with van der Waals surface area (Å²) in [4.78, 5) is 13.0. The molecule has 0 aliphatic carbocycles. The van der Waals surface area contributed by atoms with Gasteiger partial charge in [0.05, 0.1) is 10.6 Å². The number of hydrogen-bond acceptors (Lipinski definition) is 3. The van der Waals surface area contributed by atoms with Gasteiger partial charge < -0.3 is 5.32 Å². The highest BCUT2D eigenvalue weighted by atomic mass is 79.9. The molecule has 0 unspecified atom stereocenters. The van der Waals surface area contributed by atoms with Crippen LogP contribution in [0.2, 0.25) is 5.02 Å². The number of sulfonamides is 1. The Balaban J connectivity index is 1.99. The average Bonchev–Trinajstić information content (AvgIpc) is 2.71. The number of nitrogens with zero attached hydrogens (tertiary/aromatic N) is 1. The maximum Gasteiger partial charge on any atom is 0.264 e. The summed E-state index contributed by atoms with van der Waals surface area (Å²) in [6.45, 7) is 5.12. The van der Waals surface area contributed by atoms with Gasteiger partial charge in [0.15, 0.2) is 0 Å². The molecule has 1 N–H and O–H groups in total. The SMILES string of the molecule is Cc1ccc(S(=O)(=O)N(CC(=O)Nc2ccc(Br)c(C)c2)c2cccc(Cl)c2C)cc1. The Kier molecular flexibility index (Phi) is 7.09. The molecule has 162 valence electrons. The normalized spacial score (nSPS) is 11.3. The number of rotatable bonds is 6. The quantitative estimate of drug-likeness (QED) is 0.442. The van der Waals surface area contributed by atoms with Crippen molar-refractivity contribution < 1.29 is 13.2 Å². The number of carbonyl (C=O) groups excluding carboxylic acids is 1. The molecule has 0 aliphatic heterocycles. The van der Waals surface area contributed by atoms with Crippen LogP contribution in [0, 0.1) is 20.8 Å². The van der Waals surface area contributed by atoms with E-state index in [1.54, 1.807) is 43.3 Å².